The van der Waals surface area contributed by atoms with E-state index in [9.17, 15) is 4.79 Å². The minimum absolute atomic E-state index is 0.0567. The Kier molecular flexibility index (Phi) is 5.78. The molecule has 0 saturated carbocycles. The van der Waals surface area contributed by atoms with Crippen molar-refractivity contribution in [2.75, 3.05) is 45.2 Å². The Hall–Kier alpha value is -0.920. The summed E-state index contributed by atoms with van der Waals surface area (Å²) in [6.07, 6.45) is 2.91. The van der Waals surface area contributed by atoms with E-state index in [0.29, 0.717) is 17.1 Å². The van der Waals surface area contributed by atoms with Crippen LogP contribution in [0.1, 0.15) is 13.3 Å². The van der Waals surface area contributed by atoms with Gasteiger partial charge in [0.25, 0.3) is 5.56 Å². The maximum atomic E-state index is 12.4. The van der Waals surface area contributed by atoms with Gasteiger partial charge in [0, 0.05) is 25.7 Å². The summed E-state index contributed by atoms with van der Waals surface area (Å²) in [5, 5.41) is 7.71. The van der Waals surface area contributed by atoms with Crippen molar-refractivity contribution in [1.29, 1.82) is 0 Å². The lowest BCUT2D eigenvalue weighted by molar-refractivity contribution is 0.367. The number of aromatic nitrogens is 2. The number of nitrogens with one attached hydrogen (secondary N) is 1. The second-order valence-corrected chi connectivity index (χ2v) is 6.40. The molecule has 118 valence electrons. The van der Waals surface area contributed by atoms with Gasteiger partial charge in [0.05, 0.1) is 18.4 Å². The quantitative estimate of drug-likeness (QED) is 0.814. The zero-order valence-electron chi connectivity index (χ0n) is 13.0. The van der Waals surface area contributed by atoms with Gasteiger partial charge in [-0.1, -0.05) is 0 Å². The van der Waals surface area contributed by atoms with E-state index in [1.807, 2.05) is 25.2 Å². The first-order valence-electron chi connectivity index (χ1n) is 7.42. The average molecular weight is 358 g/mol. The van der Waals surface area contributed by atoms with Crippen molar-refractivity contribution >= 4 is 21.6 Å². The van der Waals surface area contributed by atoms with E-state index in [0.717, 1.165) is 38.3 Å². The first-order chi connectivity index (χ1) is 10.0. The van der Waals surface area contributed by atoms with Crippen molar-refractivity contribution < 1.29 is 0 Å². The lowest BCUT2D eigenvalue weighted by atomic mass is 10.2. The molecule has 0 aromatic carbocycles. The Morgan fingerprint density at radius 1 is 1.52 bits per heavy atom. The molecule has 0 radical (unpaired) electrons. The number of anilines is 1. The minimum atomic E-state index is -0.0567. The number of halogens is 1. The summed E-state index contributed by atoms with van der Waals surface area (Å²) < 4.78 is 2.14. The van der Waals surface area contributed by atoms with E-state index >= 15 is 0 Å². The number of hydrogen-bond acceptors (Lipinski definition) is 5. The first-order valence-corrected chi connectivity index (χ1v) is 8.21. The first kappa shape index (κ1) is 16.5. The van der Waals surface area contributed by atoms with E-state index in [2.05, 4.69) is 38.2 Å². The highest BCUT2D eigenvalue weighted by Gasteiger charge is 2.24. The molecular formula is C14H24BrN5O. The predicted molar refractivity (Wildman–Crippen MR) is 89.0 cm³/mol. The molecular weight excluding hydrogens is 334 g/mol. The third-order valence-corrected chi connectivity index (χ3v) is 4.60. The molecule has 7 heteroatoms. The van der Waals surface area contributed by atoms with Crippen molar-refractivity contribution in [2.45, 2.75) is 25.9 Å². The van der Waals surface area contributed by atoms with Crippen molar-refractivity contribution in [3.63, 3.8) is 0 Å². The maximum absolute atomic E-state index is 12.4. The van der Waals surface area contributed by atoms with Gasteiger partial charge in [-0.15, -0.1) is 0 Å². The predicted octanol–water partition coefficient (Wildman–Crippen LogP) is 0.756. The highest BCUT2D eigenvalue weighted by molar-refractivity contribution is 9.10. The molecule has 1 unspecified atom stereocenters. The van der Waals surface area contributed by atoms with E-state index in [4.69, 9.17) is 0 Å². The fraction of sp³-hybridized carbons (Fsp3) is 0.714. The van der Waals surface area contributed by atoms with Crippen LogP contribution in [-0.2, 0) is 6.54 Å². The van der Waals surface area contributed by atoms with Gasteiger partial charge in [0.15, 0.2) is 0 Å². The fourth-order valence-corrected chi connectivity index (χ4v) is 3.18. The Balaban J connectivity index is 2.24. The molecule has 1 saturated heterocycles. The molecule has 0 bridgehead atoms. The highest BCUT2D eigenvalue weighted by Crippen LogP contribution is 2.25. The number of hydrogen-bond donors (Lipinski definition) is 1. The normalized spacial score (nSPS) is 18.4. The molecule has 1 N–H and O–H groups in total. The van der Waals surface area contributed by atoms with Crippen molar-refractivity contribution in [2.24, 2.45) is 0 Å². The summed E-state index contributed by atoms with van der Waals surface area (Å²) in [5.41, 5.74) is 0.844. The topological polar surface area (TPSA) is 53.4 Å². The van der Waals surface area contributed by atoms with Gasteiger partial charge in [0.1, 0.15) is 4.47 Å². The van der Waals surface area contributed by atoms with Crippen molar-refractivity contribution in [3.05, 3.63) is 21.0 Å². The molecule has 0 aliphatic carbocycles. The number of likely N-dealkylation sites (N-methyl/N-ethyl adjacent to an activating group) is 2. The summed E-state index contributed by atoms with van der Waals surface area (Å²) in [7, 11) is 3.97. The van der Waals surface area contributed by atoms with Crippen LogP contribution in [0, 0.1) is 0 Å². The molecule has 0 spiro atoms. The van der Waals surface area contributed by atoms with Gasteiger partial charge >= 0.3 is 0 Å². The zero-order chi connectivity index (χ0) is 15.4. The fourth-order valence-electron chi connectivity index (χ4n) is 2.64. The van der Waals surface area contributed by atoms with Crippen molar-refractivity contribution in [3.8, 4) is 0 Å². The van der Waals surface area contributed by atoms with Gasteiger partial charge in [0.2, 0.25) is 0 Å². The molecule has 1 aliphatic heterocycles. The molecule has 21 heavy (non-hydrogen) atoms. The van der Waals surface area contributed by atoms with Crippen LogP contribution in [0.2, 0.25) is 0 Å². The van der Waals surface area contributed by atoms with Crippen molar-refractivity contribution in [1.82, 2.24) is 20.0 Å². The van der Waals surface area contributed by atoms with Gasteiger partial charge < -0.3 is 15.1 Å². The summed E-state index contributed by atoms with van der Waals surface area (Å²) in [5.74, 6) is 0. The summed E-state index contributed by atoms with van der Waals surface area (Å²) in [4.78, 5) is 16.7. The Bertz CT molecular complexity index is 525. The van der Waals surface area contributed by atoms with E-state index in [-0.39, 0.29) is 5.56 Å². The van der Waals surface area contributed by atoms with Crippen LogP contribution < -0.4 is 15.8 Å². The van der Waals surface area contributed by atoms with Crippen LogP contribution in [0.4, 0.5) is 5.69 Å². The summed E-state index contributed by atoms with van der Waals surface area (Å²) in [6, 6.07) is 0.435. The van der Waals surface area contributed by atoms with E-state index in [1.165, 1.54) is 4.68 Å². The molecule has 1 atom stereocenters. The second-order valence-electron chi connectivity index (χ2n) is 5.61. The molecule has 2 heterocycles. The molecule has 2 rings (SSSR count). The van der Waals surface area contributed by atoms with Gasteiger partial charge in [-0.05, 0) is 49.9 Å². The second kappa shape index (κ2) is 7.38. The van der Waals surface area contributed by atoms with Crippen LogP contribution in [0.25, 0.3) is 0 Å². The number of nitrogens with zero attached hydrogens (tertiary/aromatic N) is 4. The molecule has 1 aliphatic rings. The third kappa shape index (κ3) is 3.84. The third-order valence-electron chi connectivity index (χ3n) is 3.85. The largest absolute Gasteiger partial charge is 0.365 e. The van der Waals surface area contributed by atoms with Crippen LogP contribution in [0.3, 0.4) is 0 Å². The molecule has 1 aromatic heterocycles. The SMILES string of the molecule is CCN(c1cnn(CCN(C)C)c(=O)c1Br)C1CCNC1. The molecule has 1 fully saturated rings. The van der Waals surface area contributed by atoms with Crippen LogP contribution in [-0.4, -0.2) is 61.0 Å². The van der Waals surface area contributed by atoms with Gasteiger partial charge in [-0.25, -0.2) is 4.68 Å². The monoisotopic (exact) mass is 357 g/mol. The molecule has 0 amide bonds. The Morgan fingerprint density at radius 2 is 2.29 bits per heavy atom. The van der Waals surface area contributed by atoms with Crippen LogP contribution in [0.15, 0.2) is 15.5 Å². The van der Waals surface area contributed by atoms with Crippen LogP contribution >= 0.6 is 15.9 Å². The highest BCUT2D eigenvalue weighted by atomic mass is 79.9. The van der Waals surface area contributed by atoms with Crippen LogP contribution in [0.5, 0.6) is 0 Å². The minimum Gasteiger partial charge on any atom is -0.365 e. The zero-order valence-corrected chi connectivity index (χ0v) is 14.6. The summed E-state index contributed by atoms with van der Waals surface area (Å²) >= 11 is 3.48. The Labute approximate surface area is 134 Å². The van der Waals surface area contributed by atoms with E-state index < -0.39 is 0 Å². The molecule has 6 nitrogen and oxygen atoms in total. The summed E-state index contributed by atoms with van der Waals surface area (Å²) in [6.45, 7) is 6.37. The maximum Gasteiger partial charge on any atom is 0.283 e. The lowest BCUT2D eigenvalue weighted by Gasteiger charge is -2.29. The smallest absolute Gasteiger partial charge is 0.283 e. The molecule has 1 aromatic rings. The Morgan fingerprint density at radius 3 is 2.86 bits per heavy atom. The standard InChI is InChI=1S/C14H24BrN5O/c1-4-19(11-5-6-16-9-11)12-10-17-20(8-7-18(2)3)14(21)13(12)15/h10-11,16H,4-9H2,1-3H3. The van der Waals surface area contributed by atoms with Gasteiger partial charge in [-0.3, -0.25) is 4.79 Å². The lowest BCUT2D eigenvalue weighted by Crippen LogP contribution is -2.39. The number of rotatable bonds is 6. The van der Waals surface area contributed by atoms with Gasteiger partial charge in [-0.2, -0.15) is 5.10 Å². The van der Waals surface area contributed by atoms with E-state index in [1.54, 1.807) is 0 Å². The average Bonchev–Trinajstić information content (AvgIpc) is 2.97.